The molecule has 0 aliphatic carbocycles. The molecule has 0 atom stereocenters. The summed E-state index contributed by atoms with van der Waals surface area (Å²) in [5.74, 6) is 0.0936. The predicted molar refractivity (Wildman–Crippen MR) is 130 cm³/mol. The molecule has 0 saturated carbocycles. The van der Waals surface area contributed by atoms with E-state index in [-0.39, 0.29) is 17.2 Å². The maximum Gasteiger partial charge on any atom is 0.309 e. The Morgan fingerprint density at radius 2 is 1.53 bits per heavy atom. The predicted octanol–water partition coefficient (Wildman–Crippen LogP) is 4.32. The Kier molecular flexibility index (Phi) is 5.31. The molecule has 4 rings (SSSR count). The lowest BCUT2D eigenvalue weighted by Crippen LogP contribution is -2.49. The van der Waals surface area contributed by atoms with Gasteiger partial charge in [0.2, 0.25) is 0 Å². The first-order valence-corrected chi connectivity index (χ1v) is 10.5. The van der Waals surface area contributed by atoms with Gasteiger partial charge in [0.05, 0.1) is 11.2 Å². The zero-order chi connectivity index (χ0) is 23.3. The fraction of sp³-hybridized carbons (Fsp3) is 0.231. The summed E-state index contributed by atoms with van der Waals surface area (Å²) >= 11 is 0. The van der Waals surface area contributed by atoms with Crippen molar-refractivity contribution < 1.29 is 25.1 Å². The van der Waals surface area contributed by atoms with Crippen LogP contribution in [0.15, 0.2) is 60.7 Å². The average molecular weight is 430 g/mol. The summed E-state index contributed by atoms with van der Waals surface area (Å²) in [5.41, 5.74) is 0.969. The molecule has 0 spiro atoms. The van der Waals surface area contributed by atoms with E-state index in [1.54, 1.807) is 38.1 Å². The Bertz CT molecular complexity index is 1320. The van der Waals surface area contributed by atoms with E-state index in [2.05, 4.69) is 0 Å². The van der Waals surface area contributed by atoms with Crippen molar-refractivity contribution in [2.75, 3.05) is 0 Å². The van der Waals surface area contributed by atoms with E-state index in [1.165, 1.54) is 6.07 Å². The SMILES string of the molecule is CC(C)(O)C(C)(C)OBc1cccc(-c2cc3cc(O)cc(O)c3c3ccc(O)cc23)c1. The highest BCUT2D eigenvalue weighted by atomic mass is 16.5. The van der Waals surface area contributed by atoms with E-state index < -0.39 is 11.2 Å². The minimum atomic E-state index is -0.999. The number of phenolic OH excluding ortho intramolecular Hbond substituents is 3. The monoisotopic (exact) mass is 430 g/mol. The molecule has 0 aliphatic rings. The van der Waals surface area contributed by atoms with E-state index in [4.69, 9.17) is 4.65 Å². The summed E-state index contributed by atoms with van der Waals surface area (Å²) < 4.78 is 6.02. The molecular formula is C26H27BO5. The Morgan fingerprint density at radius 1 is 0.781 bits per heavy atom. The highest BCUT2D eigenvalue weighted by molar-refractivity contribution is 6.47. The molecule has 4 aromatic rings. The van der Waals surface area contributed by atoms with Crippen LogP contribution in [0.25, 0.3) is 32.7 Å². The molecule has 0 heterocycles. The molecule has 0 aromatic heterocycles. The second-order valence-electron chi connectivity index (χ2n) is 9.28. The quantitative estimate of drug-likeness (QED) is 0.280. The van der Waals surface area contributed by atoms with Crippen molar-refractivity contribution in [3.63, 3.8) is 0 Å². The van der Waals surface area contributed by atoms with Gasteiger partial charge in [-0.2, -0.15) is 0 Å². The first-order chi connectivity index (χ1) is 15.0. The molecule has 4 N–H and O–H groups in total. The summed E-state index contributed by atoms with van der Waals surface area (Å²) in [7, 11) is 0.323. The molecule has 0 fully saturated rings. The molecule has 0 radical (unpaired) electrons. The lowest BCUT2D eigenvalue weighted by atomic mass is 9.81. The highest BCUT2D eigenvalue weighted by Gasteiger charge is 2.35. The summed E-state index contributed by atoms with van der Waals surface area (Å²) in [5, 5.41) is 43.9. The van der Waals surface area contributed by atoms with E-state index >= 15 is 0 Å². The largest absolute Gasteiger partial charge is 0.508 e. The second kappa shape index (κ2) is 7.73. The number of aliphatic hydroxyl groups is 1. The number of hydrogen-bond acceptors (Lipinski definition) is 5. The molecule has 0 saturated heterocycles. The Hall–Kier alpha value is -3.22. The topological polar surface area (TPSA) is 90.2 Å². The maximum absolute atomic E-state index is 10.5. The standard InChI is InChI=1S/C26H27BO5/c1-25(2,31)26(3,4)32-27-17-7-5-6-15(10-17)21-12-16-11-19(29)14-23(30)24(16)20-9-8-18(28)13-22(20)21/h5-14,27-31H,1-4H3. The molecule has 0 bridgehead atoms. The van der Waals surface area contributed by atoms with Crippen molar-refractivity contribution >= 4 is 34.5 Å². The van der Waals surface area contributed by atoms with E-state index in [0.717, 1.165) is 27.4 Å². The number of aromatic hydroxyl groups is 3. The summed E-state index contributed by atoms with van der Waals surface area (Å²) in [6, 6.07) is 17.7. The van der Waals surface area contributed by atoms with Crippen LogP contribution in [0.4, 0.5) is 0 Å². The van der Waals surface area contributed by atoms with Crippen LogP contribution in [0.3, 0.4) is 0 Å². The minimum Gasteiger partial charge on any atom is -0.508 e. The van der Waals surface area contributed by atoms with Gasteiger partial charge < -0.3 is 25.1 Å². The van der Waals surface area contributed by atoms with Gasteiger partial charge >= 0.3 is 7.48 Å². The third-order valence-electron chi connectivity index (χ3n) is 6.31. The average Bonchev–Trinajstić information content (AvgIpc) is 2.70. The van der Waals surface area contributed by atoms with Gasteiger partial charge in [0.15, 0.2) is 0 Å². The van der Waals surface area contributed by atoms with Crippen molar-refractivity contribution in [2.24, 2.45) is 0 Å². The van der Waals surface area contributed by atoms with Crippen molar-refractivity contribution in [3.8, 4) is 28.4 Å². The van der Waals surface area contributed by atoms with Gasteiger partial charge in [0.25, 0.3) is 0 Å². The van der Waals surface area contributed by atoms with Crippen LogP contribution in [-0.4, -0.2) is 39.1 Å². The molecule has 5 nitrogen and oxygen atoms in total. The van der Waals surface area contributed by atoms with Gasteiger partial charge in [0.1, 0.15) is 17.2 Å². The molecule has 0 amide bonds. The molecule has 0 unspecified atom stereocenters. The van der Waals surface area contributed by atoms with E-state index in [0.29, 0.717) is 18.3 Å². The van der Waals surface area contributed by atoms with E-state index in [1.807, 2.05) is 44.2 Å². The van der Waals surface area contributed by atoms with Crippen molar-refractivity contribution in [3.05, 3.63) is 60.7 Å². The molecule has 4 aromatic carbocycles. The van der Waals surface area contributed by atoms with Gasteiger partial charge in [-0.05, 0) is 85.3 Å². The highest BCUT2D eigenvalue weighted by Crippen LogP contribution is 2.41. The Morgan fingerprint density at radius 3 is 2.25 bits per heavy atom. The van der Waals surface area contributed by atoms with Crippen molar-refractivity contribution in [2.45, 2.75) is 38.9 Å². The van der Waals surface area contributed by atoms with Gasteiger partial charge in [-0.25, -0.2) is 0 Å². The van der Waals surface area contributed by atoms with Crippen molar-refractivity contribution in [1.82, 2.24) is 0 Å². The summed E-state index contributed by atoms with van der Waals surface area (Å²) in [6.07, 6.45) is 0. The molecular weight excluding hydrogens is 403 g/mol. The first kappa shape index (κ1) is 22.0. The number of phenols is 3. The zero-order valence-electron chi connectivity index (χ0n) is 18.7. The van der Waals surface area contributed by atoms with Gasteiger partial charge in [-0.3, -0.25) is 0 Å². The Balaban J connectivity index is 1.84. The van der Waals surface area contributed by atoms with E-state index in [9.17, 15) is 20.4 Å². The maximum atomic E-state index is 10.5. The third-order valence-corrected chi connectivity index (χ3v) is 6.31. The lowest BCUT2D eigenvalue weighted by molar-refractivity contribution is -0.0893. The second-order valence-corrected chi connectivity index (χ2v) is 9.28. The van der Waals surface area contributed by atoms with Crippen LogP contribution in [0, 0.1) is 0 Å². The molecule has 0 aliphatic heterocycles. The van der Waals surface area contributed by atoms with Crippen LogP contribution in [0.5, 0.6) is 17.2 Å². The van der Waals surface area contributed by atoms with Crippen LogP contribution in [-0.2, 0) is 4.65 Å². The normalized spacial score (nSPS) is 12.4. The van der Waals surface area contributed by atoms with Crippen LogP contribution < -0.4 is 5.46 Å². The molecule has 6 heteroatoms. The number of rotatable bonds is 5. The van der Waals surface area contributed by atoms with Gasteiger partial charge in [0, 0.05) is 11.5 Å². The Labute approximate surface area is 187 Å². The smallest absolute Gasteiger partial charge is 0.309 e. The first-order valence-electron chi connectivity index (χ1n) is 10.5. The zero-order valence-corrected chi connectivity index (χ0v) is 18.7. The lowest BCUT2D eigenvalue weighted by Gasteiger charge is -2.37. The van der Waals surface area contributed by atoms with Crippen LogP contribution in [0.1, 0.15) is 27.7 Å². The van der Waals surface area contributed by atoms with Crippen LogP contribution in [0.2, 0.25) is 0 Å². The summed E-state index contributed by atoms with van der Waals surface area (Å²) in [4.78, 5) is 0. The number of benzene rings is 4. The molecule has 32 heavy (non-hydrogen) atoms. The third kappa shape index (κ3) is 3.99. The fourth-order valence-electron chi connectivity index (χ4n) is 3.75. The number of fused-ring (bicyclic) bond motifs is 3. The summed E-state index contributed by atoms with van der Waals surface area (Å²) in [6.45, 7) is 7.16. The minimum absolute atomic E-state index is 0.0155. The number of hydrogen-bond donors (Lipinski definition) is 4. The van der Waals surface area contributed by atoms with Gasteiger partial charge in [-0.1, -0.05) is 29.7 Å². The molecule has 164 valence electrons. The fourth-order valence-corrected chi connectivity index (χ4v) is 3.75. The van der Waals surface area contributed by atoms with Crippen molar-refractivity contribution in [1.29, 1.82) is 0 Å². The van der Waals surface area contributed by atoms with Crippen LogP contribution >= 0.6 is 0 Å². The van der Waals surface area contributed by atoms with Gasteiger partial charge in [-0.15, -0.1) is 0 Å².